The van der Waals surface area contributed by atoms with Gasteiger partial charge in [0.2, 0.25) is 5.91 Å². The van der Waals surface area contributed by atoms with Crippen LogP contribution in [-0.2, 0) is 20.7 Å². The van der Waals surface area contributed by atoms with Gasteiger partial charge in [0, 0.05) is 26.7 Å². The molecule has 2 aliphatic heterocycles. The summed E-state index contributed by atoms with van der Waals surface area (Å²) in [6.07, 6.45) is 3.95. The Morgan fingerprint density at radius 1 is 1.43 bits per heavy atom. The lowest BCUT2D eigenvalue weighted by atomic mass is 9.86. The summed E-state index contributed by atoms with van der Waals surface area (Å²) in [7, 11) is 1.72. The van der Waals surface area contributed by atoms with Crippen LogP contribution in [-0.4, -0.2) is 49.3 Å². The van der Waals surface area contributed by atoms with Gasteiger partial charge in [0.15, 0.2) is 0 Å². The maximum Gasteiger partial charge on any atom is 0.223 e. The lowest BCUT2D eigenvalue weighted by Crippen LogP contribution is -2.58. The standard InChI is InChI=1S/C18H24FNO3/c1-22-16-9-11-20(13-18(16)10-2-12-23-18)17(21)8-5-14-3-6-15(19)7-4-14/h3-4,6-7,16H,2,5,8-13H2,1H3/t16-,18-/m0/s1. The Kier molecular flexibility index (Phi) is 4.97. The summed E-state index contributed by atoms with van der Waals surface area (Å²) in [5, 5.41) is 0. The quantitative estimate of drug-likeness (QED) is 0.855. The molecule has 0 unspecified atom stereocenters. The first-order valence-corrected chi connectivity index (χ1v) is 8.32. The van der Waals surface area contributed by atoms with Gasteiger partial charge < -0.3 is 14.4 Å². The summed E-state index contributed by atoms with van der Waals surface area (Å²) < 4.78 is 24.5. The van der Waals surface area contributed by atoms with Crippen LogP contribution < -0.4 is 0 Å². The van der Waals surface area contributed by atoms with Crippen LogP contribution in [0.5, 0.6) is 0 Å². The van der Waals surface area contributed by atoms with E-state index in [-0.39, 0.29) is 23.4 Å². The average Bonchev–Trinajstić information content (AvgIpc) is 3.02. The summed E-state index contributed by atoms with van der Waals surface area (Å²) in [4.78, 5) is 14.4. The van der Waals surface area contributed by atoms with Crippen LogP contribution >= 0.6 is 0 Å². The van der Waals surface area contributed by atoms with Gasteiger partial charge in [-0.15, -0.1) is 0 Å². The molecule has 2 aliphatic rings. The van der Waals surface area contributed by atoms with Crippen LogP contribution in [0, 0.1) is 5.82 Å². The normalized spacial score (nSPS) is 27.6. The summed E-state index contributed by atoms with van der Waals surface area (Å²) in [5.41, 5.74) is 0.664. The molecule has 5 heteroatoms. The zero-order valence-corrected chi connectivity index (χ0v) is 13.6. The minimum absolute atomic E-state index is 0.0751. The smallest absolute Gasteiger partial charge is 0.223 e. The number of benzene rings is 1. The number of aryl methyl sites for hydroxylation is 1. The van der Waals surface area contributed by atoms with Crippen molar-refractivity contribution >= 4 is 5.91 Å². The average molecular weight is 321 g/mol. The van der Waals surface area contributed by atoms with E-state index in [9.17, 15) is 9.18 Å². The van der Waals surface area contributed by atoms with Crippen molar-refractivity contribution in [2.24, 2.45) is 0 Å². The van der Waals surface area contributed by atoms with Gasteiger partial charge in [0.05, 0.1) is 12.6 Å². The molecule has 1 amide bonds. The van der Waals surface area contributed by atoms with Crippen molar-refractivity contribution in [1.29, 1.82) is 0 Å². The number of carbonyl (C=O) groups is 1. The van der Waals surface area contributed by atoms with Crippen molar-refractivity contribution in [3.63, 3.8) is 0 Å². The molecule has 1 spiro atoms. The summed E-state index contributed by atoms with van der Waals surface area (Å²) in [6.45, 7) is 2.08. The number of halogens is 1. The van der Waals surface area contributed by atoms with E-state index in [0.717, 1.165) is 31.4 Å². The molecule has 3 rings (SSSR count). The first kappa shape index (κ1) is 16.4. The molecule has 1 aromatic carbocycles. The van der Waals surface area contributed by atoms with Crippen LogP contribution in [0.2, 0.25) is 0 Å². The van der Waals surface area contributed by atoms with Gasteiger partial charge >= 0.3 is 0 Å². The fraction of sp³-hybridized carbons (Fsp3) is 0.611. The second-order valence-electron chi connectivity index (χ2n) is 6.47. The highest BCUT2D eigenvalue weighted by Crippen LogP contribution is 2.36. The van der Waals surface area contributed by atoms with E-state index in [1.165, 1.54) is 12.1 Å². The molecule has 126 valence electrons. The molecule has 1 aromatic rings. The predicted octanol–water partition coefficient (Wildman–Crippen LogP) is 2.55. The maximum atomic E-state index is 12.9. The third kappa shape index (κ3) is 3.56. The van der Waals surface area contributed by atoms with Gasteiger partial charge in [0.25, 0.3) is 0 Å². The van der Waals surface area contributed by atoms with Crippen LogP contribution in [0.15, 0.2) is 24.3 Å². The highest BCUT2D eigenvalue weighted by molar-refractivity contribution is 5.76. The van der Waals surface area contributed by atoms with Crippen molar-refractivity contribution in [1.82, 2.24) is 4.90 Å². The number of nitrogens with zero attached hydrogens (tertiary/aromatic N) is 1. The Morgan fingerprint density at radius 2 is 2.22 bits per heavy atom. The minimum Gasteiger partial charge on any atom is -0.378 e. The Morgan fingerprint density at radius 3 is 2.87 bits per heavy atom. The number of rotatable bonds is 4. The molecule has 0 aromatic heterocycles. The van der Waals surface area contributed by atoms with E-state index in [1.807, 2.05) is 4.90 Å². The van der Waals surface area contributed by atoms with Crippen LogP contribution in [0.4, 0.5) is 4.39 Å². The molecule has 0 N–H and O–H groups in total. The van der Waals surface area contributed by atoms with Crippen molar-refractivity contribution in [2.45, 2.75) is 43.8 Å². The summed E-state index contributed by atoms with van der Waals surface area (Å²) in [6, 6.07) is 6.35. The van der Waals surface area contributed by atoms with E-state index >= 15 is 0 Å². The topological polar surface area (TPSA) is 38.8 Å². The van der Waals surface area contributed by atoms with Crippen molar-refractivity contribution in [3.8, 4) is 0 Å². The second-order valence-corrected chi connectivity index (χ2v) is 6.47. The number of hydrogen-bond acceptors (Lipinski definition) is 3. The SMILES string of the molecule is CO[C@H]1CCN(C(=O)CCc2ccc(F)cc2)C[C@@]12CCCO2. The van der Waals surface area contributed by atoms with Crippen LogP contribution in [0.1, 0.15) is 31.2 Å². The fourth-order valence-corrected chi connectivity index (χ4v) is 3.74. The number of piperidine rings is 1. The highest BCUT2D eigenvalue weighted by atomic mass is 19.1. The molecular weight excluding hydrogens is 297 g/mol. The van der Waals surface area contributed by atoms with Gasteiger partial charge in [-0.05, 0) is 43.4 Å². The fourth-order valence-electron chi connectivity index (χ4n) is 3.74. The third-order valence-electron chi connectivity index (χ3n) is 5.02. The molecule has 0 bridgehead atoms. The largest absolute Gasteiger partial charge is 0.378 e. The van der Waals surface area contributed by atoms with Gasteiger partial charge in [0.1, 0.15) is 11.4 Å². The third-order valence-corrected chi connectivity index (χ3v) is 5.02. The number of hydrogen-bond donors (Lipinski definition) is 0. The Hall–Kier alpha value is -1.46. The van der Waals surface area contributed by atoms with E-state index < -0.39 is 0 Å². The van der Waals surface area contributed by atoms with Gasteiger partial charge in [-0.2, -0.15) is 0 Å². The molecule has 2 fully saturated rings. The number of ether oxygens (including phenoxy) is 2. The molecule has 2 saturated heterocycles. The first-order valence-electron chi connectivity index (χ1n) is 8.32. The highest BCUT2D eigenvalue weighted by Gasteiger charge is 2.48. The summed E-state index contributed by atoms with van der Waals surface area (Å²) >= 11 is 0. The Balaban J connectivity index is 1.58. The van der Waals surface area contributed by atoms with E-state index in [2.05, 4.69) is 0 Å². The monoisotopic (exact) mass is 321 g/mol. The summed E-state index contributed by atoms with van der Waals surface area (Å²) in [5.74, 6) is -0.110. The Bertz CT molecular complexity index is 540. The molecule has 2 heterocycles. The van der Waals surface area contributed by atoms with E-state index in [4.69, 9.17) is 9.47 Å². The lowest BCUT2D eigenvalue weighted by molar-refractivity contribution is -0.160. The minimum atomic E-state index is -0.321. The van der Waals surface area contributed by atoms with Gasteiger partial charge in [-0.1, -0.05) is 12.1 Å². The molecule has 0 radical (unpaired) electrons. The molecule has 0 saturated carbocycles. The van der Waals surface area contributed by atoms with Crippen molar-refractivity contribution in [3.05, 3.63) is 35.6 Å². The molecule has 23 heavy (non-hydrogen) atoms. The van der Waals surface area contributed by atoms with Crippen LogP contribution in [0.25, 0.3) is 0 Å². The number of carbonyl (C=O) groups excluding carboxylic acids is 1. The zero-order valence-electron chi connectivity index (χ0n) is 13.6. The van der Waals surface area contributed by atoms with Crippen molar-refractivity contribution < 1.29 is 18.7 Å². The second kappa shape index (κ2) is 6.97. The van der Waals surface area contributed by atoms with Gasteiger partial charge in [-0.3, -0.25) is 4.79 Å². The van der Waals surface area contributed by atoms with E-state index in [1.54, 1.807) is 19.2 Å². The molecule has 2 atom stereocenters. The lowest BCUT2D eigenvalue weighted by Gasteiger charge is -2.44. The Labute approximate surface area is 136 Å². The zero-order chi connectivity index (χ0) is 16.3. The number of amides is 1. The number of likely N-dealkylation sites (tertiary alicyclic amines) is 1. The van der Waals surface area contributed by atoms with Gasteiger partial charge in [-0.25, -0.2) is 4.39 Å². The molecule has 0 aliphatic carbocycles. The van der Waals surface area contributed by atoms with Crippen LogP contribution in [0.3, 0.4) is 0 Å². The predicted molar refractivity (Wildman–Crippen MR) is 84.6 cm³/mol. The maximum absolute atomic E-state index is 12.9. The van der Waals surface area contributed by atoms with Crippen molar-refractivity contribution in [2.75, 3.05) is 26.8 Å². The molecular formula is C18H24FNO3. The first-order chi connectivity index (χ1) is 11.1. The van der Waals surface area contributed by atoms with E-state index in [0.29, 0.717) is 25.9 Å². The number of methoxy groups -OCH3 is 1. The molecule has 4 nitrogen and oxygen atoms in total.